The molecule has 3 rings (SSSR count). The fourth-order valence-corrected chi connectivity index (χ4v) is 1.77. The van der Waals surface area contributed by atoms with Crippen LogP contribution >= 0.6 is 0 Å². The molecule has 0 aliphatic carbocycles. The maximum Gasteiger partial charge on any atom is 0.240 e. The molecule has 0 aliphatic rings. The summed E-state index contributed by atoms with van der Waals surface area (Å²) in [5, 5.41) is 4.00. The van der Waals surface area contributed by atoms with E-state index in [-0.39, 0.29) is 5.95 Å². The number of fused-ring (bicyclic) bond motifs is 1. The van der Waals surface area contributed by atoms with Crippen molar-refractivity contribution in [3.05, 3.63) is 42.6 Å². The molecule has 6 heteroatoms. The zero-order valence-corrected chi connectivity index (χ0v) is 10.3. The molecule has 1 aromatic carbocycles. The number of nitrogens with zero attached hydrogens (tertiary/aromatic N) is 3. The Bertz CT molecular complexity index is 723. The van der Waals surface area contributed by atoms with E-state index in [1.165, 1.54) is 0 Å². The number of rotatable bonds is 3. The van der Waals surface area contributed by atoms with Crippen molar-refractivity contribution in [2.24, 2.45) is 0 Å². The van der Waals surface area contributed by atoms with Crippen LogP contribution in [0.25, 0.3) is 5.65 Å². The second-order valence-corrected chi connectivity index (χ2v) is 3.89. The second-order valence-electron chi connectivity index (χ2n) is 3.89. The van der Waals surface area contributed by atoms with Crippen molar-refractivity contribution in [2.45, 2.75) is 0 Å². The maximum absolute atomic E-state index is 5.77. The van der Waals surface area contributed by atoms with E-state index in [9.17, 15) is 0 Å². The van der Waals surface area contributed by atoms with Crippen LogP contribution in [0.15, 0.2) is 42.6 Å². The van der Waals surface area contributed by atoms with E-state index in [0.29, 0.717) is 22.9 Å². The molecular weight excluding hydrogens is 244 g/mol. The summed E-state index contributed by atoms with van der Waals surface area (Å²) in [6, 6.07) is 11.0. The SMILES string of the molecule is COc1ccccc1Oc1ccn2nc(N)nc2c1. The Morgan fingerprint density at radius 2 is 1.95 bits per heavy atom. The van der Waals surface area contributed by atoms with Crippen molar-refractivity contribution >= 4 is 11.6 Å². The zero-order valence-electron chi connectivity index (χ0n) is 10.3. The predicted octanol–water partition coefficient (Wildman–Crippen LogP) is 2.11. The molecule has 0 spiro atoms. The van der Waals surface area contributed by atoms with Gasteiger partial charge in [-0.15, -0.1) is 5.10 Å². The number of hydrogen-bond donors (Lipinski definition) is 1. The number of methoxy groups -OCH3 is 1. The number of nitrogens with two attached hydrogens (primary N) is 1. The number of anilines is 1. The fraction of sp³-hybridized carbons (Fsp3) is 0.0769. The number of ether oxygens (including phenoxy) is 2. The van der Waals surface area contributed by atoms with Crippen molar-refractivity contribution < 1.29 is 9.47 Å². The molecule has 96 valence electrons. The average Bonchev–Trinajstić information content (AvgIpc) is 2.79. The summed E-state index contributed by atoms with van der Waals surface area (Å²) in [6.07, 6.45) is 1.74. The summed E-state index contributed by atoms with van der Waals surface area (Å²) in [5.74, 6) is 2.18. The zero-order chi connectivity index (χ0) is 13.2. The molecule has 0 aliphatic heterocycles. The van der Waals surface area contributed by atoms with Gasteiger partial charge in [-0.25, -0.2) is 4.52 Å². The molecule has 0 amide bonds. The summed E-state index contributed by atoms with van der Waals surface area (Å²) in [4.78, 5) is 4.08. The molecule has 0 saturated heterocycles. The topological polar surface area (TPSA) is 74.7 Å². The molecule has 0 unspecified atom stereocenters. The summed E-state index contributed by atoms with van der Waals surface area (Å²) >= 11 is 0. The molecular formula is C13H12N4O2. The Hall–Kier alpha value is -2.76. The van der Waals surface area contributed by atoms with Gasteiger partial charge < -0.3 is 15.2 Å². The van der Waals surface area contributed by atoms with Crippen LogP contribution in [-0.4, -0.2) is 21.7 Å². The lowest BCUT2D eigenvalue weighted by molar-refractivity contribution is 0.379. The summed E-state index contributed by atoms with van der Waals surface area (Å²) in [6.45, 7) is 0. The lowest BCUT2D eigenvalue weighted by atomic mass is 10.3. The van der Waals surface area contributed by atoms with E-state index in [0.717, 1.165) is 0 Å². The van der Waals surface area contributed by atoms with Gasteiger partial charge in [0.25, 0.3) is 0 Å². The van der Waals surface area contributed by atoms with Gasteiger partial charge in [0, 0.05) is 12.3 Å². The molecule has 6 nitrogen and oxygen atoms in total. The monoisotopic (exact) mass is 256 g/mol. The van der Waals surface area contributed by atoms with Gasteiger partial charge >= 0.3 is 0 Å². The Labute approximate surface area is 109 Å². The van der Waals surface area contributed by atoms with Gasteiger partial charge in [0.2, 0.25) is 5.95 Å². The van der Waals surface area contributed by atoms with Gasteiger partial charge in [-0.05, 0) is 18.2 Å². The van der Waals surface area contributed by atoms with E-state index in [1.807, 2.05) is 24.3 Å². The molecule has 2 heterocycles. The second kappa shape index (κ2) is 4.49. The van der Waals surface area contributed by atoms with Crippen molar-refractivity contribution in [1.29, 1.82) is 0 Å². The molecule has 2 aromatic heterocycles. The van der Waals surface area contributed by atoms with E-state index in [2.05, 4.69) is 10.1 Å². The van der Waals surface area contributed by atoms with Gasteiger partial charge in [0.05, 0.1) is 7.11 Å². The highest BCUT2D eigenvalue weighted by Gasteiger charge is 2.06. The molecule has 0 bridgehead atoms. The third-order valence-electron chi connectivity index (χ3n) is 2.62. The van der Waals surface area contributed by atoms with Crippen molar-refractivity contribution in [2.75, 3.05) is 12.8 Å². The number of pyridine rings is 1. The minimum atomic E-state index is 0.231. The van der Waals surface area contributed by atoms with Crippen LogP contribution in [0.5, 0.6) is 17.2 Å². The third kappa shape index (κ3) is 2.15. The van der Waals surface area contributed by atoms with Crippen LogP contribution in [-0.2, 0) is 0 Å². The molecule has 0 fully saturated rings. The van der Waals surface area contributed by atoms with Crippen LogP contribution in [0.4, 0.5) is 5.95 Å². The Morgan fingerprint density at radius 1 is 1.16 bits per heavy atom. The van der Waals surface area contributed by atoms with E-state index < -0.39 is 0 Å². The number of hydrogen-bond acceptors (Lipinski definition) is 5. The molecule has 0 radical (unpaired) electrons. The largest absolute Gasteiger partial charge is 0.493 e. The Kier molecular flexibility index (Phi) is 2.68. The summed E-state index contributed by atoms with van der Waals surface area (Å²) < 4.78 is 12.6. The highest BCUT2D eigenvalue weighted by Crippen LogP contribution is 2.31. The Morgan fingerprint density at radius 3 is 2.74 bits per heavy atom. The quantitative estimate of drug-likeness (QED) is 0.776. The van der Waals surface area contributed by atoms with Crippen LogP contribution < -0.4 is 15.2 Å². The van der Waals surface area contributed by atoms with Gasteiger partial charge in [0.15, 0.2) is 17.1 Å². The summed E-state index contributed by atoms with van der Waals surface area (Å²) in [7, 11) is 1.60. The van der Waals surface area contributed by atoms with Crippen molar-refractivity contribution in [3.8, 4) is 17.2 Å². The first kappa shape index (κ1) is 11.3. The first-order valence-electron chi connectivity index (χ1n) is 5.69. The molecule has 0 atom stereocenters. The van der Waals surface area contributed by atoms with Crippen LogP contribution in [0.2, 0.25) is 0 Å². The van der Waals surface area contributed by atoms with E-state index in [1.54, 1.807) is 30.0 Å². The minimum absolute atomic E-state index is 0.231. The smallest absolute Gasteiger partial charge is 0.240 e. The standard InChI is InChI=1S/C13H12N4O2/c1-18-10-4-2-3-5-11(10)19-9-6-7-17-12(8-9)15-13(14)16-17/h2-8H,1H3,(H2,14,16). The Balaban J connectivity index is 1.96. The molecule has 19 heavy (non-hydrogen) atoms. The first-order chi connectivity index (χ1) is 9.26. The molecule has 0 saturated carbocycles. The lowest BCUT2D eigenvalue weighted by Gasteiger charge is -2.09. The van der Waals surface area contributed by atoms with Gasteiger partial charge in [-0.3, -0.25) is 0 Å². The number of para-hydroxylation sites is 2. The number of aromatic nitrogens is 3. The first-order valence-corrected chi connectivity index (χ1v) is 5.69. The highest BCUT2D eigenvalue weighted by atomic mass is 16.5. The van der Waals surface area contributed by atoms with Crippen molar-refractivity contribution in [1.82, 2.24) is 14.6 Å². The van der Waals surface area contributed by atoms with Gasteiger partial charge in [-0.1, -0.05) is 12.1 Å². The van der Waals surface area contributed by atoms with Crippen LogP contribution in [0.3, 0.4) is 0 Å². The third-order valence-corrected chi connectivity index (χ3v) is 2.62. The lowest BCUT2D eigenvalue weighted by Crippen LogP contribution is -1.92. The summed E-state index contributed by atoms with van der Waals surface area (Å²) in [5.41, 5.74) is 6.16. The fourth-order valence-electron chi connectivity index (χ4n) is 1.77. The van der Waals surface area contributed by atoms with E-state index >= 15 is 0 Å². The highest BCUT2D eigenvalue weighted by molar-refractivity contribution is 5.49. The predicted molar refractivity (Wildman–Crippen MR) is 70.5 cm³/mol. The van der Waals surface area contributed by atoms with Crippen molar-refractivity contribution in [3.63, 3.8) is 0 Å². The number of nitrogen functional groups attached to an aromatic ring is 1. The average molecular weight is 256 g/mol. The van der Waals surface area contributed by atoms with Gasteiger partial charge in [0.1, 0.15) is 5.75 Å². The molecule has 2 N–H and O–H groups in total. The minimum Gasteiger partial charge on any atom is -0.493 e. The van der Waals surface area contributed by atoms with Crippen LogP contribution in [0.1, 0.15) is 0 Å². The van der Waals surface area contributed by atoms with Gasteiger partial charge in [-0.2, -0.15) is 4.98 Å². The maximum atomic E-state index is 5.77. The molecule has 3 aromatic rings. The van der Waals surface area contributed by atoms with Crippen LogP contribution in [0, 0.1) is 0 Å². The normalized spacial score (nSPS) is 10.6. The van der Waals surface area contributed by atoms with E-state index in [4.69, 9.17) is 15.2 Å². The number of benzene rings is 1.